The van der Waals surface area contributed by atoms with E-state index in [1.54, 1.807) is 47.3 Å². The Morgan fingerprint density at radius 1 is 1.21 bits per heavy atom. The molecule has 0 saturated heterocycles. The summed E-state index contributed by atoms with van der Waals surface area (Å²) in [5.41, 5.74) is 8.85. The molecule has 1 fully saturated rings. The number of primary amides is 1. The van der Waals surface area contributed by atoms with Crippen molar-refractivity contribution in [2.75, 3.05) is 6.61 Å². The van der Waals surface area contributed by atoms with E-state index in [9.17, 15) is 17.6 Å². The van der Waals surface area contributed by atoms with Crippen LogP contribution in [-0.2, 0) is 10.0 Å². The van der Waals surface area contributed by atoms with E-state index in [2.05, 4.69) is 5.10 Å². The van der Waals surface area contributed by atoms with Gasteiger partial charge in [0.2, 0.25) is 0 Å². The summed E-state index contributed by atoms with van der Waals surface area (Å²) in [6, 6.07) is 12.1. The van der Waals surface area contributed by atoms with Crippen molar-refractivity contribution < 1.29 is 22.3 Å². The van der Waals surface area contributed by atoms with Gasteiger partial charge in [-0.1, -0.05) is 17.7 Å². The van der Waals surface area contributed by atoms with Crippen LogP contribution in [0, 0.1) is 12.7 Å². The first kappa shape index (κ1) is 26.0. The zero-order chi connectivity index (χ0) is 27.2. The molecule has 0 aliphatic heterocycles. The second-order valence-corrected chi connectivity index (χ2v) is 11.7. The lowest BCUT2D eigenvalue weighted by atomic mass is 10.1. The molecule has 38 heavy (non-hydrogen) atoms. The highest BCUT2D eigenvalue weighted by Crippen LogP contribution is 2.42. The van der Waals surface area contributed by atoms with Gasteiger partial charge in [-0.15, -0.1) is 0 Å². The third-order valence-electron chi connectivity index (χ3n) is 6.62. The van der Waals surface area contributed by atoms with Gasteiger partial charge in [0.25, 0.3) is 10.0 Å². The number of benzene rings is 3. The van der Waals surface area contributed by atoms with E-state index < -0.39 is 22.1 Å². The number of hydrogen-bond acceptors (Lipinski definition) is 5. The van der Waals surface area contributed by atoms with Gasteiger partial charge in [-0.2, -0.15) is 5.10 Å². The molecule has 0 bridgehead atoms. The van der Waals surface area contributed by atoms with Gasteiger partial charge in [0.15, 0.2) is 0 Å². The second kappa shape index (κ2) is 9.92. The minimum Gasteiger partial charge on any atom is -0.490 e. The lowest BCUT2D eigenvalue weighted by Gasteiger charge is -2.27. The van der Waals surface area contributed by atoms with Crippen molar-refractivity contribution in [3.05, 3.63) is 82.8 Å². The number of hydrogen-bond donors (Lipinski definition) is 1. The van der Waals surface area contributed by atoms with E-state index >= 15 is 0 Å². The number of rotatable bonds is 8. The van der Waals surface area contributed by atoms with Gasteiger partial charge in [-0.3, -0.25) is 0 Å². The molecular weight excluding hydrogens is 531 g/mol. The Morgan fingerprint density at radius 2 is 1.92 bits per heavy atom. The quantitative estimate of drug-likeness (QED) is 0.306. The minimum absolute atomic E-state index is 0.0170. The fraction of sp³-hybridized carbons (Fsp3) is 0.259. The number of carbonyl (C=O) groups excluding carboxylic acids is 1. The Bertz CT molecular complexity index is 1640. The predicted molar refractivity (Wildman–Crippen MR) is 143 cm³/mol. The van der Waals surface area contributed by atoms with Gasteiger partial charge in [0.05, 0.1) is 33.4 Å². The van der Waals surface area contributed by atoms with Crippen molar-refractivity contribution in [3.63, 3.8) is 0 Å². The van der Waals surface area contributed by atoms with Crippen molar-refractivity contribution in [2.24, 2.45) is 5.73 Å². The number of amides is 2. The van der Waals surface area contributed by atoms with Crippen LogP contribution in [0.4, 0.5) is 9.18 Å². The summed E-state index contributed by atoms with van der Waals surface area (Å²) in [5, 5.41) is 5.31. The topological polar surface area (TPSA) is 108 Å². The average Bonchev–Trinajstić information content (AvgIpc) is 3.63. The van der Waals surface area contributed by atoms with Crippen LogP contribution in [0.1, 0.15) is 36.8 Å². The number of carbonyl (C=O) groups is 1. The maximum atomic E-state index is 13.4. The summed E-state index contributed by atoms with van der Waals surface area (Å²) in [7, 11) is -4.22. The molecule has 0 spiro atoms. The molecule has 2 amide bonds. The number of sulfonamides is 1. The van der Waals surface area contributed by atoms with Crippen LogP contribution >= 0.6 is 11.6 Å². The second-order valence-electron chi connectivity index (χ2n) is 9.47. The molecule has 2 N–H and O–H groups in total. The molecular formula is C27H26ClFN4O4S. The molecule has 1 aliphatic rings. The first-order valence-electron chi connectivity index (χ1n) is 12.1. The molecule has 0 radical (unpaired) electrons. The van der Waals surface area contributed by atoms with Crippen LogP contribution < -0.4 is 10.5 Å². The van der Waals surface area contributed by atoms with Crippen LogP contribution in [0.3, 0.4) is 0 Å². The first-order valence-corrected chi connectivity index (χ1v) is 13.9. The molecule has 198 valence electrons. The van der Waals surface area contributed by atoms with E-state index in [-0.39, 0.29) is 28.1 Å². The van der Waals surface area contributed by atoms with Gasteiger partial charge in [0.1, 0.15) is 18.2 Å². The molecule has 1 atom stereocenters. The number of ether oxygens (including phenoxy) is 1. The normalized spacial score (nSPS) is 14.4. The molecule has 1 aromatic heterocycles. The predicted octanol–water partition coefficient (Wildman–Crippen LogP) is 5.54. The number of halogens is 2. The van der Waals surface area contributed by atoms with Gasteiger partial charge in [0, 0.05) is 5.39 Å². The highest BCUT2D eigenvalue weighted by Gasteiger charge is 2.34. The first-order chi connectivity index (χ1) is 18.1. The largest absolute Gasteiger partial charge is 0.490 e. The fourth-order valence-electron chi connectivity index (χ4n) is 4.50. The monoisotopic (exact) mass is 556 g/mol. The third kappa shape index (κ3) is 4.93. The SMILES string of the molecule is Cc1ccc(S(=O)(=O)N(C(N)=O)[C@@H](C)COc2cc3cnn(-c4ccc(F)cc4)c3cc2Cl)cc1C1CC1. The van der Waals surface area contributed by atoms with Crippen LogP contribution in [-0.4, -0.2) is 41.2 Å². The van der Waals surface area contributed by atoms with E-state index in [0.29, 0.717) is 26.8 Å². The highest BCUT2D eigenvalue weighted by atomic mass is 35.5. The highest BCUT2D eigenvalue weighted by molar-refractivity contribution is 7.89. The van der Waals surface area contributed by atoms with E-state index in [4.69, 9.17) is 22.1 Å². The molecule has 11 heteroatoms. The zero-order valence-corrected chi connectivity index (χ0v) is 22.3. The van der Waals surface area contributed by atoms with Crippen LogP contribution in [0.5, 0.6) is 5.75 Å². The lowest BCUT2D eigenvalue weighted by Crippen LogP contribution is -2.48. The molecule has 8 nitrogen and oxygen atoms in total. The van der Waals surface area contributed by atoms with Gasteiger partial charge < -0.3 is 10.5 Å². The summed E-state index contributed by atoms with van der Waals surface area (Å²) in [5.74, 6) is 0.279. The number of aromatic nitrogens is 2. The average molecular weight is 557 g/mol. The zero-order valence-electron chi connectivity index (χ0n) is 20.8. The van der Waals surface area contributed by atoms with Crippen LogP contribution in [0.25, 0.3) is 16.6 Å². The molecule has 0 unspecified atom stereocenters. The Morgan fingerprint density at radius 3 is 2.58 bits per heavy atom. The van der Waals surface area contributed by atoms with Crippen molar-refractivity contribution in [3.8, 4) is 11.4 Å². The van der Waals surface area contributed by atoms with E-state index in [0.717, 1.165) is 24.0 Å². The maximum Gasteiger partial charge on any atom is 0.329 e. The fourth-order valence-corrected chi connectivity index (χ4v) is 6.23. The standard InChI is InChI=1S/C27H26ClFN4O4S/c1-16-3-10-22(12-23(16)18-4-5-18)38(35,36)33(27(30)34)17(2)15-37-26-11-19-14-31-32(25(19)13-24(26)28)21-8-6-20(29)7-9-21/h3,6-14,17-18H,4-5,15H2,1-2H3,(H2,30,34)/t17-/m0/s1. The minimum atomic E-state index is -4.22. The Hall–Kier alpha value is -3.63. The number of nitrogens with two attached hydrogens (primary N) is 1. The summed E-state index contributed by atoms with van der Waals surface area (Å²) >= 11 is 6.47. The van der Waals surface area contributed by atoms with Crippen molar-refractivity contribution >= 4 is 38.6 Å². The van der Waals surface area contributed by atoms with Crippen molar-refractivity contribution in [1.29, 1.82) is 0 Å². The molecule has 4 aromatic rings. The molecule has 1 heterocycles. The third-order valence-corrected chi connectivity index (χ3v) is 8.82. The Labute approximate surface area is 224 Å². The van der Waals surface area contributed by atoms with Crippen LogP contribution in [0.15, 0.2) is 65.7 Å². The van der Waals surface area contributed by atoms with Gasteiger partial charge >= 0.3 is 6.03 Å². The number of nitrogens with zero attached hydrogens (tertiary/aromatic N) is 3. The van der Waals surface area contributed by atoms with Crippen LogP contribution in [0.2, 0.25) is 5.02 Å². The van der Waals surface area contributed by atoms with E-state index in [1.165, 1.54) is 25.1 Å². The van der Waals surface area contributed by atoms with Crippen molar-refractivity contribution in [2.45, 2.75) is 43.5 Å². The summed E-state index contributed by atoms with van der Waals surface area (Å²) in [6.45, 7) is 3.30. The number of fused-ring (bicyclic) bond motifs is 1. The van der Waals surface area contributed by atoms with E-state index in [1.807, 2.05) is 6.92 Å². The number of urea groups is 1. The summed E-state index contributed by atoms with van der Waals surface area (Å²) in [4.78, 5) is 12.3. The smallest absolute Gasteiger partial charge is 0.329 e. The molecule has 1 saturated carbocycles. The van der Waals surface area contributed by atoms with Gasteiger partial charge in [-0.05, 0) is 92.3 Å². The Balaban J connectivity index is 1.37. The molecule has 5 rings (SSSR count). The lowest BCUT2D eigenvalue weighted by molar-refractivity contribution is 0.198. The Kier molecular flexibility index (Phi) is 6.79. The summed E-state index contributed by atoms with van der Waals surface area (Å²) in [6.07, 6.45) is 3.64. The van der Waals surface area contributed by atoms with Gasteiger partial charge in [-0.25, -0.2) is 26.6 Å². The molecule has 3 aromatic carbocycles. The summed E-state index contributed by atoms with van der Waals surface area (Å²) < 4.78 is 48.3. The number of aryl methyl sites for hydroxylation is 1. The van der Waals surface area contributed by atoms with Crippen molar-refractivity contribution in [1.82, 2.24) is 14.1 Å². The molecule has 1 aliphatic carbocycles. The maximum absolute atomic E-state index is 13.4.